The molecule has 0 saturated carbocycles. The normalized spacial score (nSPS) is 17.7. The Bertz CT molecular complexity index is 613. The highest BCUT2D eigenvalue weighted by atomic mass is 79.9. The van der Waals surface area contributed by atoms with E-state index in [4.69, 9.17) is 4.74 Å². The Morgan fingerprint density at radius 1 is 1.17 bits per heavy atom. The topological polar surface area (TPSA) is 34.5 Å². The van der Waals surface area contributed by atoms with E-state index in [1.54, 1.807) is 30.5 Å². The summed E-state index contributed by atoms with van der Waals surface area (Å²) in [4.78, 5) is 8.28. The maximum Gasteiger partial charge on any atom is 0.281 e. The first-order chi connectivity index (χ1) is 8.74. The van der Waals surface area contributed by atoms with Gasteiger partial charge >= 0.3 is 0 Å². The number of hydrogen-bond donors (Lipinski definition) is 0. The lowest BCUT2D eigenvalue weighted by Gasteiger charge is -2.19. The summed E-state index contributed by atoms with van der Waals surface area (Å²) < 4.78 is 20.0. The third kappa shape index (κ3) is 2.01. The Kier molecular flexibility index (Phi) is 2.83. The summed E-state index contributed by atoms with van der Waals surface area (Å²) in [5, 5.41) is 0. The van der Waals surface area contributed by atoms with Gasteiger partial charge in [0.15, 0.2) is 11.6 Å². The van der Waals surface area contributed by atoms with E-state index >= 15 is 0 Å². The highest BCUT2D eigenvalue weighted by Crippen LogP contribution is 2.31. The van der Waals surface area contributed by atoms with Crippen molar-refractivity contribution in [2.75, 3.05) is 0 Å². The molecule has 1 aromatic heterocycles. The molecule has 0 saturated heterocycles. The van der Waals surface area contributed by atoms with Gasteiger partial charge < -0.3 is 4.74 Å². The van der Waals surface area contributed by atoms with Crippen LogP contribution in [0.25, 0.3) is 0 Å². The van der Waals surface area contributed by atoms with Gasteiger partial charge in [0, 0.05) is 16.2 Å². The average Bonchev–Trinajstić information content (AvgIpc) is 2.39. The van der Waals surface area contributed by atoms with Crippen LogP contribution in [0.1, 0.15) is 5.56 Å². The third-order valence-electron chi connectivity index (χ3n) is 2.56. The van der Waals surface area contributed by atoms with Crippen LogP contribution in [0.4, 0.5) is 10.2 Å². The molecule has 1 aromatic carbocycles. The van der Waals surface area contributed by atoms with Crippen molar-refractivity contribution in [2.45, 2.75) is 6.36 Å². The molecule has 18 heavy (non-hydrogen) atoms. The highest BCUT2D eigenvalue weighted by Gasteiger charge is 2.25. The fourth-order valence-corrected chi connectivity index (χ4v) is 1.97. The zero-order chi connectivity index (χ0) is 12.5. The van der Waals surface area contributed by atoms with Crippen LogP contribution in [0, 0.1) is 0 Å². The Morgan fingerprint density at radius 3 is 2.72 bits per heavy atom. The standard InChI is InChI=1S/C13H8BrFN2O/c14-9-5-3-8(4-6-9)11-12(15)18-10-2-1-7-16-13(10)17-11/h1-7,12H. The van der Waals surface area contributed by atoms with Crippen LogP contribution in [0.5, 0.6) is 5.75 Å². The van der Waals surface area contributed by atoms with Gasteiger partial charge in [-0.25, -0.2) is 9.98 Å². The molecular weight excluding hydrogens is 299 g/mol. The first kappa shape index (κ1) is 11.3. The van der Waals surface area contributed by atoms with Gasteiger partial charge in [-0.3, -0.25) is 0 Å². The number of rotatable bonds is 1. The summed E-state index contributed by atoms with van der Waals surface area (Å²) in [5.41, 5.74) is 0.927. The number of pyridine rings is 1. The summed E-state index contributed by atoms with van der Waals surface area (Å²) in [6.07, 6.45) is 0.0339. The minimum absolute atomic E-state index is 0.244. The molecule has 1 unspecified atom stereocenters. The first-order valence-electron chi connectivity index (χ1n) is 5.34. The van der Waals surface area contributed by atoms with Crippen LogP contribution in [-0.4, -0.2) is 17.1 Å². The van der Waals surface area contributed by atoms with Gasteiger partial charge in [-0.05, 0) is 24.3 Å². The molecule has 3 rings (SSSR count). The molecule has 1 aliphatic heterocycles. The van der Waals surface area contributed by atoms with Crippen LogP contribution in [0.15, 0.2) is 52.1 Å². The summed E-state index contributed by atoms with van der Waals surface area (Å²) in [5.74, 6) is 0.773. The van der Waals surface area contributed by atoms with Gasteiger partial charge in [-0.2, -0.15) is 4.39 Å². The van der Waals surface area contributed by atoms with E-state index in [9.17, 15) is 4.39 Å². The first-order valence-corrected chi connectivity index (χ1v) is 6.13. The van der Waals surface area contributed by atoms with E-state index in [0.717, 1.165) is 4.47 Å². The Hall–Kier alpha value is -1.75. The van der Waals surface area contributed by atoms with Crippen molar-refractivity contribution in [3.05, 3.63) is 52.6 Å². The lowest BCUT2D eigenvalue weighted by molar-refractivity contribution is 0.129. The van der Waals surface area contributed by atoms with Crippen LogP contribution in [0.3, 0.4) is 0 Å². The van der Waals surface area contributed by atoms with Gasteiger partial charge in [0.25, 0.3) is 6.36 Å². The van der Waals surface area contributed by atoms with Crippen LogP contribution < -0.4 is 4.74 Å². The maximum atomic E-state index is 13.9. The number of benzene rings is 1. The van der Waals surface area contributed by atoms with E-state index in [2.05, 4.69) is 25.9 Å². The van der Waals surface area contributed by atoms with Crippen molar-refractivity contribution in [3.8, 4) is 5.75 Å². The van der Waals surface area contributed by atoms with E-state index in [0.29, 0.717) is 17.1 Å². The maximum absolute atomic E-state index is 13.9. The molecule has 0 fully saturated rings. The molecule has 0 N–H and O–H groups in total. The second kappa shape index (κ2) is 4.49. The second-order valence-corrected chi connectivity index (χ2v) is 4.68. The molecule has 5 heteroatoms. The number of fused-ring (bicyclic) bond motifs is 1. The van der Waals surface area contributed by atoms with Crippen molar-refractivity contribution in [1.82, 2.24) is 4.98 Å². The lowest BCUT2D eigenvalue weighted by atomic mass is 10.1. The summed E-state index contributed by atoms with van der Waals surface area (Å²) in [6.45, 7) is 0. The number of halogens is 2. The molecule has 3 nitrogen and oxygen atoms in total. The smallest absolute Gasteiger partial charge is 0.281 e. The number of ether oxygens (including phenoxy) is 1. The van der Waals surface area contributed by atoms with Crippen LogP contribution in [-0.2, 0) is 0 Å². The van der Waals surface area contributed by atoms with Crippen molar-refractivity contribution < 1.29 is 9.13 Å². The summed E-state index contributed by atoms with van der Waals surface area (Å²) >= 11 is 3.33. The number of alkyl halides is 1. The van der Waals surface area contributed by atoms with E-state index in [-0.39, 0.29) is 5.71 Å². The van der Waals surface area contributed by atoms with Gasteiger partial charge in [0.2, 0.25) is 0 Å². The SMILES string of the molecule is FC1Oc2cccnc2N=C1c1ccc(Br)cc1. The largest absolute Gasteiger partial charge is 0.450 e. The van der Waals surface area contributed by atoms with Gasteiger partial charge in [-0.1, -0.05) is 28.1 Å². The number of aliphatic imine (C=N–C) groups is 1. The van der Waals surface area contributed by atoms with Gasteiger partial charge in [-0.15, -0.1) is 0 Å². The Balaban J connectivity index is 2.07. The van der Waals surface area contributed by atoms with E-state index < -0.39 is 6.36 Å². The predicted octanol–water partition coefficient (Wildman–Crippen LogP) is 3.65. The van der Waals surface area contributed by atoms with E-state index in [1.165, 1.54) is 0 Å². The van der Waals surface area contributed by atoms with Crippen molar-refractivity contribution in [2.24, 2.45) is 4.99 Å². The Morgan fingerprint density at radius 2 is 1.94 bits per heavy atom. The fourth-order valence-electron chi connectivity index (χ4n) is 1.71. The zero-order valence-corrected chi connectivity index (χ0v) is 10.8. The van der Waals surface area contributed by atoms with Gasteiger partial charge in [0.1, 0.15) is 5.71 Å². The number of nitrogens with zero attached hydrogens (tertiary/aromatic N) is 2. The predicted molar refractivity (Wildman–Crippen MR) is 70.1 cm³/mol. The molecule has 0 radical (unpaired) electrons. The van der Waals surface area contributed by atoms with E-state index in [1.807, 2.05) is 12.1 Å². The molecule has 1 aliphatic rings. The molecule has 1 atom stereocenters. The molecule has 0 spiro atoms. The number of hydrogen-bond acceptors (Lipinski definition) is 3. The monoisotopic (exact) mass is 306 g/mol. The molecular formula is C13H8BrFN2O. The zero-order valence-electron chi connectivity index (χ0n) is 9.18. The van der Waals surface area contributed by atoms with Crippen molar-refractivity contribution in [3.63, 3.8) is 0 Å². The van der Waals surface area contributed by atoms with Crippen molar-refractivity contribution >= 4 is 27.5 Å². The second-order valence-electron chi connectivity index (χ2n) is 3.76. The molecule has 0 aliphatic carbocycles. The highest BCUT2D eigenvalue weighted by molar-refractivity contribution is 9.10. The fraction of sp³-hybridized carbons (Fsp3) is 0.0769. The van der Waals surface area contributed by atoms with Crippen molar-refractivity contribution in [1.29, 1.82) is 0 Å². The molecule has 0 amide bonds. The molecule has 2 heterocycles. The Labute approximate surface area is 111 Å². The summed E-state index contributed by atoms with van der Waals surface area (Å²) in [6, 6.07) is 10.6. The lowest BCUT2D eigenvalue weighted by Crippen LogP contribution is -2.26. The number of aromatic nitrogens is 1. The van der Waals surface area contributed by atoms with Gasteiger partial charge in [0.05, 0.1) is 0 Å². The minimum atomic E-state index is -1.57. The van der Waals surface area contributed by atoms with Crippen LogP contribution in [0.2, 0.25) is 0 Å². The minimum Gasteiger partial charge on any atom is -0.450 e. The quantitative estimate of drug-likeness (QED) is 0.806. The third-order valence-corrected chi connectivity index (χ3v) is 3.09. The van der Waals surface area contributed by atoms with Crippen LogP contribution >= 0.6 is 15.9 Å². The molecule has 0 bridgehead atoms. The average molecular weight is 307 g/mol. The summed E-state index contributed by atoms with van der Waals surface area (Å²) in [7, 11) is 0. The molecule has 90 valence electrons. The molecule has 2 aromatic rings.